The number of oxime groups is 1. The number of H-pyrrole nitrogens is 1. The van der Waals surface area contributed by atoms with Crippen LogP contribution in [-0.2, 0) is 16.1 Å². The number of benzene rings is 2. The maximum absolute atomic E-state index is 13.4. The van der Waals surface area contributed by atoms with Gasteiger partial charge in [-0.2, -0.15) is 0 Å². The molecule has 4 rings (SSSR count). The van der Waals surface area contributed by atoms with Gasteiger partial charge in [0.05, 0.1) is 5.71 Å². The lowest BCUT2D eigenvalue weighted by Crippen LogP contribution is -2.28. The van der Waals surface area contributed by atoms with Crippen molar-refractivity contribution >= 4 is 17.3 Å². The summed E-state index contributed by atoms with van der Waals surface area (Å²) in [5.41, 5.74) is 2.76. The molecule has 1 aromatic heterocycles. The van der Waals surface area contributed by atoms with Crippen molar-refractivity contribution in [3.8, 4) is 11.4 Å². The van der Waals surface area contributed by atoms with Gasteiger partial charge in [0.1, 0.15) is 11.6 Å². The molecule has 1 amide bonds. The number of amides is 1. The monoisotopic (exact) mass is 406 g/mol. The number of carbonyl (C=O) groups is 1. The van der Waals surface area contributed by atoms with Gasteiger partial charge < -0.3 is 15.1 Å². The summed E-state index contributed by atoms with van der Waals surface area (Å²) in [6, 6.07) is 14.5. The largest absolute Gasteiger partial charge is 0.382 e. The number of carbonyl (C=O) groups excluding carboxylic acids is 1. The Hall–Kier alpha value is -3.81. The molecular formula is C22H19FN4O3. The van der Waals surface area contributed by atoms with Gasteiger partial charge in [-0.15, -0.1) is 0 Å². The predicted octanol–water partition coefficient (Wildman–Crippen LogP) is 3.27. The Kier molecular flexibility index (Phi) is 5.38. The van der Waals surface area contributed by atoms with E-state index in [1.807, 2.05) is 6.92 Å². The summed E-state index contributed by atoms with van der Waals surface area (Å²) >= 11 is 0. The van der Waals surface area contributed by atoms with Crippen molar-refractivity contribution < 1.29 is 14.0 Å². The molecule has 3 aromatic rings. The fourth-order valence-corrected chi connectivity index (χ4v) is 3.15. The summed E-state index contributed by atoms with van der Waals surface area (Å²) in [7, 11) is 0. The number of hydrogen-bond donors (Lipinski definition) is 2. The quantitative estimate of drug-likeness (QED) is 0.680. The first kappa shape index (κ1) is 19.5. The smallest absolute Gasteiger partial charge is 0.268 e. The van der Waals surface area contributed by atoms with E-state index in [0.29, 0.717) is 40.5 Å². The fraction of sp³-hybridized carbons (Fsp3) is 0.182. The van der Waals surface area contributed by atoms with Crippen molar-refractivity contribution in [2.24, 2.45) is 5.16 Å². The number of halogens is 1. The summed E-state index contributed by atoms with van der Waals surface area (Å²) < 4.78 is 13.4. The molecule has 8 heteroatoms. The SMILES string of the molecule is CCc1cc(=O)[nH]c(-c2cccc(NC(=O)C3CC(c4cccc(F)c4)=NO3)c2)n1. The van der Waals surface area contributed by atoms with Crippen LogP contribution in [0.2, 0.25) is 0 Å². The number of nitrogens with zero attached hydrogens (tertiary/aromatic N) is 2. The summed E-state index contributed by atoms with van der Waals surface area (Å²) in [6.07, 6.45) is 0.0656. The van der Waals surface area contributed by atoms with Crippen LogP contribution in [-0.4, -0.2) is 27.7 Å². The van der Waals surface area contributed by atoms with Crippen LogP contribution in [0.25, 0.3) is 11.4 Å². The van der Waals surface area contributed by atoms with Gasteiger partial charge in [-0.3, -0.25) is 9.59 Å². The Labute approximate surface area is 171 Å². The minimum absolute atomic E-state index is 0.229. The lowest BCUT2D eigenvalue weighted by molar-refractivity contribution is -0.125. The Bertz CT molecular complexity index is 1190. The molecule has 0 spiro atoms. The fourth-order valence-electron chi connectivity index (χ4n) is 3.15. The van der Waals surface area contributed by atoms with E-state index in [-0.39, 0.29) is 23.7 Å². The molecule has 2 aromatic carbocycles. The number of rotatable bonds is 5. The number of anilines is 1. The van der Waals surface area contributed by atoms with Gasteiger partial charge in [0.25, 0.3) is 11.5 Å². The third-order valence-corrected chi connectivity index (χ3v) is 4.68. The van der Waals surface area contributed by atoms with Crippen molar-refractivity contribution in [1.82, 2.24) is 9.97 Å². The average Bonchev–Trinajstić information content (AvgIpc) is 3.24. The van der Waals surface area contributed by atoms with Crippen LogP contribution in [0, 0.1) is 5.82 Å². The van der Waals surface area contributed by atoms with E-state index in [1.54, 1.807) is 36.4 Å². The second kappa shape index (κ2) is 8.28. The first-order chi connectivity index (χ1) is 14.5. The molecule has 2 N–H and O–H groups in total. The highest BCUT2D eigenvalue weighted by atomic mass is 19.1. The Balaban J connectivity index is 1.47. The number of hydrogen-bond acceptors (Lipinski definition) is 5. The molecule has 0 saturated heterocycles. The second-order valence-electron chi connectivity index (χ2n) is 6.86. The van der Waals surface area contributed by atoms with Gasteiger partial charge >= 0.3 is 0 Å². The first-order valence-corrected chi connectivity index (χ1v) is 9.52. The highest BCUT2D eigenvalue weighted by Crippen LogP contribution is 2.22. The van der Waals surface area contributed by atoms with Crippen molar-refractivity contribution in [2.45, 2.75) is 25.9 Å². The summed E-state index contributed by atoms with van der Waals surface area (Å²) in [5, 5.41) is 6.71. The molecule has 7 nitrogen and oxygen atoms in total. The van der Waals surface area contributed by atoms with Crippen molar-refractivity contribution in [3.05, 3.63) is 82.0 Å². The zero-order valence-electron chi connectivity index (χ0n) is 16.2. The van der Waals surface area contributed by atoms with Gasteiger partial charge in [0, 0.05) is 35.0 Å². The number of aryl methyl sites for hydroxylation is 1. The molecule has 0 bridgehead atoms. The molecule has 1 aliphatic heterocycles. The number of aromatic nitrogens is 2. The molecule has 0 aliphatic carbocycles. The van der Waals surface area contributed by atoms with E-state index in [1.165, 1.54) is 18.2 Å². The van der Waals surface area contributed by atoms with E-state index < -0.39 is 6.10 Å². The van der Waals surface area contributed by atoms with E-state index in [9.17, 15) is 14.0 Å². The molecule has 1 aliphatic rings. The molecule has 0 radical (unpaired) electrons. The molecule has 152 valence electrons. The maximum atomic E-state index is 13.4. The van der Waals surface area contributed by atoms with Crippen LogP contribution < -0.4 is 10.9 Å². The van der Waals surface area contributed by atoms with E-state index in [0.717, 1.165) is 0 Å². The van der Waals surface area contributed by atoms with Crippen molar-refractivity contribution in [2.75, 3.05) is 5.32 Å². The predicted molar refractivity (Wildman–Crippen MR) is 111 cm³/mol. The third kappa shape index (κ3) is 4.27. The van der Waals surface area contributed by atoms with E-state index in [4.69, 9.17) is 4.84 Å². The summed E-state index contributed by atoms with van der Waals surface area (Å²) in [4.78, 5) is 36.8. The summed E-state index contributed by atoms with van der Waals surface area (Å²) in [5.74, 6) is -0.311. The van der Waals surface area contributed by atoms with Crippen molar-refractivity contribution in [3.63, 3.8) is 0 Å². The van der Waals surface area contributed by atoms with E-state index >= 15 is 0 Å². The third-order valence-electron chi connectivity index (χ3n) is 4.68. The lowest BCUT2D eigenvalue weighted by Gasteiger charge is -2.11. The Morgan fingerprint density at radius 3 is 2.80 bits per heavy atom. The second-order valence-corrected chi connectivity index (χ2v) is 6.86. The van der Waals surface area contributed by atoms with Crippen LogP contribution in [0.5, 0.6) is 0 Å². The molecule has 30 heavy (non-hydrogen) atoms. The van der Waals surface area contributed by atoms with Gasteiger partial charge in [-0.25, -0.2) is 9.37 Å². The zero-order chi connectivity index (χ0) is 21.1. The first-order valence-electron chi connectivity index (χ1n) is 9.52. The Morgan fingerprint density at radius 2 is 2.00 bits per heavy atom. The van der Waals surface area contributed by atoms with Gasteiger partial charge in [-0.05, 0) is 30.7 Å². The molecule has 1 atom stereocenters. The van der Waals surface area contributed by atoms with Crippen LogP contribution >= 0.6 is 0 Å². The molecule has 1 unspecified atom stereocenters. The van der Waals surface area contributed by atoms with Crippen LogP contribution in [0.4, 0.5) is 10.1 Å². The van der Waals surface area contributed by atoms with Gasteiger partial charge in [0.15, 0.2) is 0 Å². The van der Waals surface area contributed by atoms with Crippen LogP contribution in [0.15, 0.2) is 64.5 Å². The minimum atomic E-state index is -0.812. The van der Waals surface area contributed by atoms with Crippen LogP contribution in [0.1, 0.15) is 24.6 Å². The zero-order valence-corrected chi connectivity index (χ0v) is 16.2. The number of aromatic amines is 1. The molecule has 0 saturated carbocycles. The molecular weight excluding hydrogens is 387 g/mol. The van der Waals surface area contributed by atoms with Crippen LogP contribution in [0.3, 0.4) is 0 Å². The normalized spacial score (nSPS) is 15.4. The highest BCUT2D eigenvalue weighted by molar-refractivity contribution is 6.06. The average molecular weight is 406 g/mol. The maximum Gasteiger partial charge on any atom is 0.268 e. The Morgan fingerprint density at radius 1 is 1.20 bits per heavy atom. The summed E-state index contributed by atoms with van der Waals surface area (Å²) in [6.45, 7) is 1.92. The highest BCUT2D eigenvalue weighted by Gasteiger charge is 2.29. The lowest BCUT2D eigenvalue weighted by atomic mass is 10.0. The van der Waals surface area contributed by atoms with Gasteiger partial charge in [-0.1, -0.05) is 36.3 Å². The number of nitrogens with one attached hydrogen (secondary N) is 2. The molecule has 2 heterocycles. The molecule has 0 fully saturated rings. The topological polar surface area (TPSA) is 96.4 Å². The van der Waals surface area contributed by atoms with Gasteiger partial charge in [0.2, 0.25) is 6.10 Å². The van der Waals surface area contributed by atoms with E-state index in [2.05, 4.69) is 20.4 Å². The standard InChI is InChI=1S/C22H19FN4O3/c1-2-16-11-20(28)26-21(24-16)14-6-4-8-17(10-14)25-22(29)19-12-18(27-30-19)13-5-3-7-15(23)9-13/h3-11,19H,2,12H2,1H3,(H,25,29)(H,24,26,28). The minimum Gasteiger partial charge on any atom is -0.382 e. The van der Waals surface area contributed by atoms with Crippen molar-refractivity contribution in [1.29, 1.82) is 0 Å².